The maximum absolute atomic E-state index is 11.2. The van der Waals surface area contributed by atoms with E-state index in [0.717, 1.165) is 6.42 Å². The molecule has 0 atom stereocenters. The number of amides is 1. The molecule has 0 heterocycles. The zero-order valence-electron chi connectivity index (χ0n) is 8.45. The van der Waals surface area contributed by atoms with Gasteiger partial charge in [0.05, 0.1) is 19.6 Å². The third kappa shape index (κ3) is 6.54. The number of ether oxygens (including phenoxy) is 1. The van der Waals surface area contributed by atoms with Crippen LogP contribution in [0.1, 0.15) is 19.8 Å². The summed E-state index contributed by atoms with van der Waals surface area (Å²) in [6, 6.07) is 0. The van der Waals surface area contributed by atoms with E-state index >= 15 is 0 Å². The molecule has 0 aromatic carbocycles. The van der Waals surface area contributed by atoms with Crippen molar-refractivity contribution in [2.24, 2.45) is 0 Å². The van der Waals surface area contributed by atoms with Crippen molar-refractivity contribution in [3.05, 3.63) is 0 Å². The molecule has 0 unspecified atom stereocenters. The van der Waals surface area contributed by atoms with Crippen LogP contribution in [-0.2, 0) is 9.53 Å². The molecule has 1 N–H and O–H groups in total. The van der Waals surface area contributed by atoms with Crippen molar-refractivity contribution in [2.75, 3.05) is 33.4 Å². The molecule has 0 aromatic rings. The van der Waals surface area contributed by atoms with E-state index in [1.54, 1.807) is 7.05 Å². The molecule has 0 radical (unpaired) electrons. The van der Waals surface area contributed by atoms with E-state index in [-0.39, 0.29) is 12.5 Å². The molecule has 4 heteroatoms. The van der Waals surface area contributed by atoms with Crippen molar-refractivity contribution in [2.45, 2.75) is 19.8 Å². The van der Waals surface area contributed by atoms with E-state index in [4.69, 9.17) is 9.84 Å². The first kappa shape index (κ1) is 12.4. The molecular formula is C9H19NO3. The molecule has 4 nitrogen and oxygen atoms in total. The predicted octanol–water partition coefficient (Wildman–Crippen LogP) is 0.254. The zero-order valence-corrected chi connectivity index (χ0v) is 8.45. The topological polar surface area (TPSA) is 49.8 Å². The van der Waals surface area contributed by atoms with Gasteiger partial charge >= 0.3 is 0 Å². The van der Waals surface area contributed by atoms with E-state index in [1.807, 2.05) is 6.92 Å². The number of likely N-dealkylation sites (N-methyl/N-ethyl adjacent to an activating group) is 1. The van der Waals surface area contributed by atoms with Crippen molar-refractivity contribution in [1.82, 2.24) is 4.90 Å². The molecule has 0 aliphatic carbocycles. The average molecular weight is 189 g/mol. The highest BCUT2D eigenvalue weighted by Crippen LogP contribution is 1.91. The number of hydrogen-bond acceptors (Lipinski definition) is 3. The van der Waals surface area contributed by atoms with Crippen LogP contribution < -0.4 is 0 Å². The zero-order chi connectivity index (χ0) is 10.1. The Balaban J connectivity index is 3.38. The molecule has 78 valence electrons. The quantitative estimate of drug-likeness (QED) is 0.584. The van der Waals surface area contributed by atoms with Crippen molar-refractivity contribution in [3.8, 4) is 0 Å². The van der Waals surface area contributed by atoms with Crippen LogP contribution in [0, 0.1) is 0 Å². The minimum atomic E-state index is 0.0120. The largest absolute Gasteiger partial charge is 0.395 e. The molecule has 0 saturated heterocycles. The number of aliphatic hydroxyl groups is 1. The van der Waals surface area contributed by atoms with E-state index in [9.17, 15) is 4.79 Å². The Morgan fingerprint density at radius 2 is 2.15 bits per heavy atom. The van der Waals surface area contributed by atoms with Crippen LogP contribution in [0.4, 0.5) is 0 Å². The maximum Gasteiger partial charge on any atom is 0.224 e. The Labute approximate surface area is 79.5 Å². The summed E-state index contributed by atoms with van der Waals surface area (Å²) in [5.41, 5.74) is 0. The lowest BCUT2D eigenvalue weighted by molar-refractivity contribution is -0.131. The molecule has 1 amide bonds. The van der Waals surface area contributed by atoms with Crippen molar-refractivity contribution in [1.29, 1.82) is 0 Å². The predicted molar refractivity (Wildman–Crippen MR) is 50.4 cm³/mol. The molecule has 0 fully saturated rings. The van der Waals surface area contributed by atoms with Crippen molar-refractivity contribution < 1.29 is 14.6 Å². The third-order valence-electron chi connectivity index (χ3n) is 1.67. The Bertz CT molecular complexity index is 139. The molecule has 0 aliphatic heterocycles. The molecule has 0 aromatic heterocycles. The summed E-state index contributed by atoms with van der Waals surface area (Å²) in [5.74, 6) is 0.0187. The van der Waals surface area contributed by atoms with E-state index in [1.165, 1.54) is 4.90 Å². The number of hydrogen-bond donors (Lipinski definition) is 1. The van der Waals surface area contributed by atoms with Gasteiger partial charge in [-0.1, -0.05) is 6.92 Å². The first-order chi connectivity index (χ1) is 6.22. The normalized spacial score (nSPS) is 10.1. The number of carbonyl (C=O) groups is 1. The smallest absolute Gasteiger partial charge is 0.224 e. The number of aliphatic hydroxyl groups excluding tert-OH is 1. The second-order valence-electron chi connectivity index (χ2n) is 2.90. The van der Waals surface area contributed by atoms with Gasteiger partial charge < -0.3 is 14.7 Å². The third-order valence-corrected chi connectivity index (χ3v) is 1.67. The van der Waals surface area contributed by atoms with Gasteiger partial charge in [-0.25, -0.2) is 0 Å². The minimum absolute atomic E-state index is 0.0120. The molecule has 0 bridgehead atoms. The van der Waals surface area contributed by atoms with E-state index in [0.29, 0.717) is 26.2 Å². The van der Waals surface area contributed by atoms with Crippen LogP contribution >= 0.6 is 0 Å². The van der Waals surface area contributed by atoms with Crippen LogP contribution in [0.15, 0.2) is 0 Å². The highest BCUT2D eigenvalue weighted by Gasteiger charge is 2.06. The molecule has 0 aliphatic rings. The summed E-state index contributed by atoms with van der Waals surface area (Å²) < 4.78 is 5.17. The minimum Gasteiger partial charge on any atom is -0.395 e. The van der Waals surface area contributed by atoms with Crippen molar-refractivity contribution >= 4 is 5.91 Å². The van der Waals surface area contributed by atoms with Gasteiger partial charge in [-0.3, -0.25) is 4.79 Å². The highest BCUT2D eigenvalue weighted by molar-refractivity contribution is 5.75. The van der Waals surface area contributed by atoms with E-state index in [2.05, 4.69) is 0 Å². The van der Waals surface area contributed by atoms with Crippen LogP contribution in [0.2, 0.25) is 0 Å². The van der Waals surface area contributed by atoms with Gasteiger partial charge in [-0.05, 0) is 6.42 Å². The molecule has 0 saturated carbocycles. The second kappa shape index (κ2) is 8.01. The number of carbonyl (C=O) groups excluding carboxylic acids is 1. The lowest BCUT2D eigenvalue weighted by Gasteiger charge is -2.15. The van der Waals surface area contributed by atoms with Gasteiger partial charge in [0.25, 0.3) is 0 Å². The summed E-state index contributed by atoms with van der Waals surface area (Å²) in [4.78, 5) is 12.7. The second-order valence-corrected chi connectivity index (χ2v) is 2.90. The van der Waals surface area contributed by atoms with Crippen LogP contribution in [0.5, 0.6) is 0 Å². The Hall–Kier alpha value is -0.610. The van der Waals surface area contributed by atoms with Gasteiger partial charge in [-0.2, -0.15) is 0 Å². The van der Waals surface area contributed by atoms with Crippen LogP contribution in [0.25, 0.3) is 0 Å². The van der Waals surface area contributed by atoms with Gasteiger partial charge in [0.2, 0.25) is 5.91 Å². The fraction of sp³-hybridized carbons (Fsp3) is 0.889. The van der Waals surface area contributed by atoms with Crippen LogP contribution in [-0.4, -0.2) is 49.3 Å². The summed E-state index contributed by atoms with van der Waals surface area (Å²) in [6.45, 7) is 3.61. The number of nitrogens with zero attached hydrogens (tertiary/aromatic N) is 1. The molecule has 13 heavy (non-hydrogen) atoms. The van der Waals surface area contributed by atoms with Gasteiger partial charge in [-0.15, -0.1) is 0 Å². The summed E-state index contributed by atoms with van der Waals surface area (Å²) in [5, 5.41) is 8.57. The van der Waals surface area contributed by atoms with Crippen LogP contribution in [0.3, 0.4) is 0 Å². The summed E-state index contributed by atoms with van der Waals surface area (Å²) >= 11 is 0. The van der Waals surface area contributed by atoms with Gasteiger partial charge in [0, 0.05) is 20.2 Å². The van der Waals surface area contributed by atoms with Gasteiger partial charge in [0.15, 0.2) is 0 Å². The lowest BCUT2D eigenvalue weighted by atomic mass is 10.4. The SMILES string of the molecule is CCCOCCC(=O)N(C)CCO. The fourth-order valence-electron chi connectivity index (χ4n) is 0.871. The Morgan fingerprint density at radius 1 is 1.46 bits per heavy atom. The summed E-state index contributed by atoms with van der Waals surface area (Å²) in [6.07, 6.45) is 1.37. The Morgan fingerprint density at radius 3 is 2.69 bits per heavy atom. The molecule has 0 spiro atoms. The summed E-state index contributed by atoms with van der Waals surface area (Å²) in [7, 11) is 1.68. The highest BCUT2D eigenvalue weighted by atomic mass is 16.5. The number of rotatable bonds is 7. The molecule has 0 rings (SSSR count). The Kier molecular flexibility index (Phi) is 7.63. The maximum atomic E-state index is 11.2. The average Bonchev–Trinajstić information content (AvgIpc) is 2.12. The van der Waals surface area contributed by atoms with E-state index < -0.39 is 0 Å². The standard InChI is InChI=1S/C9H19NO3/c1-3-7-13-8-4-9(12)10(2)5-6-11/h11H,3-8H2,1-2H3. The van der Waals surface area contributed by atoms with Gasteiger partial charge in [0.1, 0.15) is 0 Å². The fourth-order valence-corrected chi connectivity index (χ4v) is 0.871. The first-order valence-corrected chi connectivity index (χ1v) is 4.65. The monoisotopic (exact) mass is 189 g/mol. The first-order valence-electron chi connectivity index (χ1n) is 4.65. The lowest BCUT2D eigenvalue weighted by Crippen LogP contribution is -2.30. The molecular weight excluding hydrogens is 170 g/mol. The van der Waals surface area contributed by atoms with Crippen molar-refractivity contribution in [3.63, 3.8) is 0 Å².